The highest BCUT2D eigenvalue weighted by Crippen LogP contribution is 2.24. The molecule has 0 unspecified atom stereocenters. The molecule has 0 N–H and O–H groups in total. The summed E-state index contributed by atoms with van der Waals surface area (Å²) in [5.41, 5.74) is 0.552. The molecule has 0 radical (unpaired) electrons. The van der Waals surface area contributed by atoms with E-state index >= 15 is 0 Å². The topological polar surface area (TPSA) is 31.3 Å². The van der Waals surface area contributed by atoms with Crippen LogP contribution in [0.25, 0.3) is 0 Å². The zero-order chi connectivity index (χ0) is 14.7. The van der Waals surface area contributed by atoms with Gasteiger partial charge in [-0.25, -0.2) is 4.39 Å². The van der Waals surface area contributed by atoms with Crippen LogP contribution < -0.4 is 4.90 Å². The summed E-state index contributed by atoms with van der Waals surface area (Å²) in [6, 6.07) is 5.07. The third-order valence-corrected chi connectivity index (χ3v) is 4.16. The Labute approximate surface area is 132 Å². The van der Waals surface area contributed by atoms with Crippen molar-refractivity contribution >= 4 is 28.0 Å². The average molecular weight is 357 g/mol. The van der Waals surface area contributed by atoms with Crippen molar-refractivity contribution in [1.29, 1.82) is 0 Å². The van der Waals surface area contributed by atoms with Crippen LogP contribution in [-0.4, -0.2) is 62.3 Å². The van der Waals surface area contributed by atoms with Gasteiger partial charge >= 0.3 is 0 Å². The summed E-state index contributed by atoms with van der Waals surface area (Å²) < 4.78 is 20.0. The summed E-state index contributed by atoms with van der Waals surface area (Å²) in [4.78, 5) is 4.18. The number of benzene rings is 1. The fourth-order valence-corrected chi connectivity index (χ4v) is 2.78. The number of morpholine rings is 1. The summed E-state index contributed by atoms with van der Waals surface area (Å²) in [6.45, 7) is 5.94. The molecule has 114 valence electrons. The number of hydrogen-bond acceptors (Lipinski definition) is 5. The van der Waals surface area contributed by atoms with Crippen LogP contribution in [0.15, 0.2) is 27.8 Å². The molecule has 0 aromatic heterocycles. The fraction of sp³-hybridized carbons (Fsp3) is 0.500. The molecule has 0 bridgehead atoms. The molecule has 1 aromatic rings. The Kier molecular flexibility index (Phi) is 4.72. The van der Waals surface area contributed by atoms with Gasteiger partial charge in [0.1, 0.15) is 18.8 Å². The number of halogens is 2. The SMILES string of the molecule is Fc1cc(Br)ccc1N1C=NN(CCN2CCOCC2)C1. The van der Waals surface area contributed by atoms with Gasteiger partial charge in [0, 0.05) is 24.1 Å². The molecule has 21 heavy (non-hydrogen) atoms. The summed E-state index contributed by atoms with van der Waals surface area (Å²) >= 11 is 3.27. The lowest BCUT2D eigenvalue weighted by Gasteiger charge is -2.28. The summed E-state index contributed by atoms with van der Waals surface area (Å²) in [6.07, 6.45) is 1.69. The maximum atomic E-state index is 13.9. The van der Waals surface area contributed by atoms with E-state index in [9.17, 15) is 4.39 Å². The summed E-state index contributed by atoms with van der Waals surface area (Å²) in [5, 5.41) is 6.29. The van der Waals surface area contributed by atoms with Crippen molar-refractivity contribution in [2.75, 3.05) is 51.0 Å². The predicted octanol–water partition coefficient (Wildman–Crippen LogP) is 1.94. The molecule has 1 fully saturated rings. The fourth-order valence-electron chi connectivity index (χ4n) is 2.45. The minimum absolute atomic E-state index is 0.245. The van der Waals surface area contributed by atoms with Gasteiger partial charge in [-0.3, -0.25) is 9.91 Å². The van der Waals surface area contributed by atoms with Crippen LogP contribution >= 0.6 is 15.9 Å². The number of hydrazone groups is 1. The predicted molar refractivity (Wildman–Crippen MR) is 83.9 cm³/mol. The first kappa shape index (κ1) is 14.7. The zero-order valence-corrected chi connectivity index (χ0v) is 13.3. The third kappa shape index (κ3) is 3.72. The van der Waals surface area contributed by atoms with Crippen LogP contribution in [0, 0.1) is 5.82 Å². The van der Waals surface area contributed by atoms with E-state index in [-0.39, 0.29) is 5.82 Å². The Bertz CT molecular complexity index is 522. The Hall–Kier alpha value is -1.18. The number of anilines is 1. The molecule has 7 heteroatoms. The van der Waals surface area contributed by atoms with E-state index in [4.69, 9.17) is 4.74 Å². The molecule has 0 amide bonds. The van der Waals surface area contributed by atoms with E-state index in [2.05, 4.69) is 25.9 Å². The molecule has 2 heterocycles. The van der Waals surface area contributed by atoms with Gasteiger partial charge in [0.25, 0.3) is 0 Å². The quantitative estimate of drug-likeness (QED) is 0.824. The van der Waals surface area contributed by atoms with Crippen molar-refractivity contribution in [3.63, 3.8) is 0 Å². The smallest absolute Gasteiger partial charge is 0.148 e. The largest absolute Gasteiger partial charge is 0.379 e. The molecule has 1 saturated heterocycles. The van der Waals surface area contributed by atoms with Gasteiger partial charge < -0.3 is 9.64 Å². The molecule has 1 aromatic carbocycles. The van der Waals surface area contributed by atoms with Crippen molar-refractivity contribution in [2.45, 2.75) is 0 Å². The summed E-state index contributed by atoms with van der Waals surface area (Å²) in [7, 11) is 0. The second kappa shape index (κ2) is 6.72. The van der Waals surface area contributed by atoms with E-state index in [0.717, 1.165) is 43.9 Å². The molecule has 3 rings (SSSR count). The van der Waals surface area contributed by atoms with Crippen LogP contribution in [0.5, 0.6) is 0 Å². The molecule has 0 atom stereocenters. The van der Waals surface area contributed by atoms with Crippen LogP contribution in [-0.2, 0) is 4.74 Å². The van der Waals surface area contributed by atoms with Gasteiger partial charge in [-0.05, 0) is 18.2 Å². The first-order valence-electron chi connectivity index (χ1n) is 7.03. The number of rotatable bonds is 4. The Morgan fingerprint density at radius 1 is 1.24 bits per heavy atom. The minimum Gasteiger partial charge on any atom is -0.379 e. The highest BCUT2D eigenvalue weighted by Gasteiger charge is 2.19. The van der Waals surface area contributed by atoms with Crippen LogP contribution in [0.2, 0.25) is 0 Å². The molecular weight excluding hydrogens is 339 g/mol. The summed E-state index contributed by atoms with van der Waals surface area (Å²) in [5.74, 6) is -0.245. The Morgan fingerprint density at radius 3 is 2.81 bits per heavy atom. The first-order chi connectivity index (χ1) is 10.2. The Morgan fingerprint density at radius 2 is 2.05 bits per heavy atom. The highest BCUT2D eigenvalue weighted by atomic mass is 79.9. The maximum Gasteiger partial charge on any atom is 0.148 e. The van der Waals surface area contributed by atoms with Crippen molar-refractivity contribution < 1.29 is 9.13 Å². The molecule has 0 saturated carbocycles. The molecule has 2 aliphatic heterocycles. The lowest BCUT2D eigenvalue weighted by Crippen LogP contribution is -2.41. The Balaban J connectivity index is 1.52. The monoisotopic (exact) mass is 356 g/mol. The van der Waals surface area contributed by atoms with Gasteiger partial charge in [0.05, 0.1) is 25.4 Å². The normalized spacial score (nSPS) is 19.5. The van der Waals surface area contributed by atoms with Crippen LogP contribution in [0.3, 0.4) is 0 Å². The number of hydrogen-bond donors (Lipinski definition) is 0. The van der Waals surface area contributed by atoms with Gasteiger partial charge in [0.15, 0.2) is 0 Å². The van der Waals surface area contributed by atoms with E-state index in [1.807, 2.05) is 16.0 Å². The van der Waals surface area contributed by atoms with Gasteiger partial charge in [-0.15, -0.1) is 0 Å². The standard InChI is InChI=1S/C14H18BrFN4O/c15-12-1-2-14(13(16)9-12)19-10-17-20(11-19)4-3-18-5-7-21-8-6-18/h1-2,9-10H,3-8,11H2. The number of nitrogens with zero attached hydrogens (tertiary/aromatic N) is 4. The lowest BCUT2D eigenvalue weighted by atomic mass is 10.3. The average Bonchev–Trinajstić information content (AvgIpc) is 2.95. The van der Waals surface area contributed by atoms with Gasteiger partial charge in [-0.2, -0.15) is 5.10 Å². The van der Waals surface area contributed by atoms with E-state index < -0.39 is 0 Å². The van der Waals surface area contributed by atoms with E-state index in [1.165, 1.54) is 6.07 Å². The highest BCUT2D eigenvalue weighted by molar-refractivity contribution is 9.10. The van der Waals surface area contributed by atoms with Gasteiger partial charge in [-0.1, -0.05) is 15.9 Å². The number of ether oxygens (including phenoxy) is 1. The molecular formula is C14H18BrFN4O. The van der Waals surface area contributed by atoms with Crippen molar-refractivity contribution in [3.05, 3.63) is 28.5 Å². The van der Waals surface area contributed by atoms with Crippen LogP contribution in [0.1, 0.15) is 0 Å². The molecule has 2 aliphatic rings. The molecule has 5 nitrogen and oxygen atoms in total. The van der Waals surface area contributed by atoms with Crippen LogP contribution in [0.4, 0.5) is 10.1 Å². The van der Waals surface area contributed by atoms with E-state index in [1.54, 1.807) is 12.4 Å². The second-order valence-corrected chi connectivity index (χ2v) is 6.04. The van der Waals surface area contributed by atoms with Gasteiger partial charge in [0.2, 0.25) is 0 Å². The molecule has 0 spiro atoms. The molecule has 0 aliphatic carbocycles. The lowest BCUT2D eigenvalue weighted by molar-refractivity contribution is 0.0340. The first-order valence-corrected chi connectivity index (χ1v) is 7.82. The third-order valence-electron chi connectivity index (χ3n) is 3.67. The second-order valence-electron chi connectivity index (χ2n) is 5.12. The zero-order valence-electron chi connectivity index (χ0n) is 11.7. The maximum absolute atomic E-state index is 13.9. The van der Waals surface area contributed by atoms with Crippen molar-refractivity contribution in [3.8, 4) is 0 Å². The van der Waals surface area contributed by atoms with Crippen molar-refractivity contribution in [1.82, 2.24) is 9.91 Å². The van der Waals surface area contributed by atoms with E-state index in [0.29, 0.717) is 12.4 Å². The van der Waals surface area contributed by atoms with Crippen molar-refractivity contribution in [2.24, 2.45) is 5.10 Å². The minimum atomic E-state index is -0.245.